The van der Waals surface area contributed by atoms with E-state index in [1.54, 1.807) is 4.90 Å². The highest BCUT2D eigenvalue weighted by Crippen LogP contribution is 2.38. The first-order valence-corrected chi connectivity index (χ1v) is 15.2. The summed E-state index contributed by atoms with van der Waals surface area (Å²) in [6, 6.07) is 4.89. The maximum absolute atomic E-state index is 13.2. The first-order chi connectivity index (χ1) is 19.1. The SMILES string of the molecule is CN1CCCC1.N#CC1(NS(=O)(=O)c2cc(N3CCN(C=O)CC3)c3cnn(-c4nnc(C(F)F)s4)c3c2)CC1.[HH]. The Morgan fingerprint density at radius 1 is 1.15 bits per heavy atom. The Balaban J connectivity index is 0.000000493. The first-order valence-electron chi connectivity index (χ1n) is 12.9. The summed E-state index contributed by atoms with van der Waals surface area (Å²) in [4.78, 5) is 16.9. The largest absolute Gasteiger partial charge is 0.367 e. The minimum Gasteiger partial charge on any atom is -0.367 e. The number of carbonyl (C=O) groups is 1. The fraction of sp³-hybridized carbons (Fsp3) is 0.542. The summed E-state index contributed by atoms with van der Waals surface area (Å²) in [6.07, 6.45) is 3.16. The van der Waals surface area contributed by atoms with E-state index in [0.717, 1.165) is 6.41 Å². The van der Waals surface area contributed by atoms with Gasteiger partial charge in [-0.3, -0.25) is 4.79 Å². The lowest BCUT2D eigenvalue weighted by molar-refractivity contribution is -0.118. The van der Waals surface area contributed by atoms with Crippen LogP contribution in [0.2, 0.25) is 0 Å². The van der Waals surface area contributed by atoms with Crippen molar-refractivity contribution in [3.63, 3.8) is 0 Å². The van der Waals surface area contributed by atoms with Crippen molar-refractivity contribution in [2.75, 3.05) is 51.2 Å². The van der Waals surface area contributed by atoms with Crippen LogP contribution >= 0.6 is 11.3 Å². The van der Waals surface area contributed by atoms with Crippen LogP contribution in [0.25, 0.3) is 16.0 Å². The van der Waals surface area contributed by atoms with Crippen molar-refractivity contribution in [1.29, 1.82) is 5.26 Å². The smallest absolute Gasteiger partial charge is 0.291 e. The number of nitrogens with zero attached hydrogens (tertiary/aromatic N) is 8. The maximum Gasteiger partial charge on any atom is 0.291 e. The molecule has 1 aromatic carbocycles. The van der Waals surface area contributed by atoms with Gasteiger partial charge in [-0.15, -0.1) is 10.2 Å². The number of sulfonamides is 1. The predicted molar refractivity (Wildman–Crippen MR) is 146 cm³/mol. The Hall–Kier alpha value is -3.26. The molecule has 0 spiro atoms. The van der Waals surface area contributed by atoms with Crippen molar-refractivity contribution in [2.45, 2.75) is 42.5 Å². The Labute approximate surface area is 235 Å². The molecule has 216 valence electrons. The summed E-state index contributed by atoms with van der Waals surface area (Å²) in [5.41, 5.74) is -0.209. The van der Waals surface area contributed by atoms with E-state index in [4.69, 9.17) is 0 Å². The highest BCUT2D eigenvalue weighted by Gasteiger charge is 2.47. The molecular formula is C24H31F2N9O3S2. The zero-order valence-corrected chi connectivity index (χ0v) is 23.5. The van der Waals surface area contributed by atoms with Crippen molar-refractivity contribution in [3.8, 4) is 11.2 Å². The van der Waals surface area contributed by atoms with Crippen molar-refractivity contribution < 1.29 is 23.4 Å². The van der Waals surface area contributed by atoms with E-state index in [1.807, 2.05) is 11.0 Å². The maximum atomic E-state index is 13.2. The second-order valence-electron chi connectivity index (χ2n) is 10.1. The lowest BCUT2D eigenvalue weighted by atomic mass is 10.2. The van der Waals surface area contributed by atoms with Gasteiger partial charge in [-0.25, -0.2) is 21.9 Å². The van der Waals surface area contributed by atoms with Gasteiger partial charge < -0.3 is 14.7 Å². The molecule has 3 fully saturated rings. The molecule has 40 heavy (non-hydrogen) atoms. The van der Waals surface area contributed by atoms with Gasteiger partial charge in [-0.1, -0.05) is 11.3 Å². The molecule has 3 aliphatic rings. The number of piperazine rings is 1. The van der Waals surface area contributed by atoms with Crippen molar-refractivity contribution in [3.05, 3.63) is 23.3 Å². The molecule has 0 atom stereocenters. The van der Waals surface area contributed by atoms with Crippen LogP contribution < -0.4 is 9.62 Å². The summed E-state index contributed by atoms with van der Waals surface area (Å²) in [5.74, 6) is 0. The van der Waals surface area contributed by atoms with Gasteiger partial charge in [0.1, 0.15) is 5.54 Å². The number of hydrogen-bond acceptors (Lipinski definition) is 10. The molecule has 0 radical (unpaired) electrons. The molecule has 1 saturated carbocycles. The molecule has 3 aromatic rings. The Morgan fingerprint density at radius 2 is 1.85 bits per heavy atom. The monoisotopic (exact) mass is 595 g/mol. The topological polar surface area (TPSA) is 140 Å². The molecule has 16 heteroatoms. The molecular weight excluding hydrogens is 564 g/mol. The van der Waals surface area contributed by atoms with Gasteiger partial charge in [0.2, 0.25) is 21.6 Å². The third-order valence-corrected chi connectivity index (χ3v) is 9.60. The molecule has 1 amide bonds. The summed E-state index contributed by atoms with van der Waals surface area (Å²) in [7, 11) is -1.91. The Bertz CT molecular complexity index is 1520. The van der Waals surface area contributed by atoms with Crippen molar-refractivity contribution in [1.82, 2.24) is 34.5 Å². The fourth-order valence-electron chi connectivity index (χ4n) is 4.67. The van der Waals surface area contributed by atoms with E-state index in [0.29, 0.717) is 66.9 Å². The summed E-state index contributed by atoms with van der Waals surface area (Å²) in [5, 5.41) is 21.1. The molecule has 1 aliphatic carbocycles. The molecule has 12 nitrogen and oxygen atoms in total. The highest BCUT2D eigenvalue weighted by atomic mass is 32.2. The van der Waals surface area contributed by atoms with Crippen LogP contribution in [-0.4, -0.2) is 96.5 Å². The number of benzene rings is 1. The summed E-state index contributed by atoms with van der Waals surface area (Å²) in [6.45, 7) is 4.49. The van der Waals surface area contributed by atoms with Crippen LogP contribution in [-0.2, 0) is 14.8 Å². The first kappa shape index (κ1) is 28.3. The van der Waals surface area contributed by atoms with Gasteiger partial charge in [-0.05, 0) is 58.0 Å². The van der Waals surface area contributed by atoms with Gasteiger partial charge in [0.15, 0.2) is 5.01 Å². The minimum atomic E-state index is -4.08. The Morgan fingerprint density at radius 3 is 2.38 bits per heavy atom. The molecule has 4 heterocycles. The molecule has 1 N–H and O–H groups in total. The van der Waals surface area contributed by atoms with Crippen LogP contribution in [0.3, 0.4) is 0 Å². The molecule has 2 aromatic heterocycles. The minimum absolute atomic E-state index is 0. The highest BCUT2D eigenvalue weighted by molar-refractivity contribution is 7.89. The lowest BCUT2D eigenvalue weighted by Gasteiger charge is -2.34. The van der Waals surface area contributed by atoms with E-state index in [2.05, 4.69) is 32.0 Å². The molecule has 2 aliphatic heterocycles. The number of halogens is 2. The van der Waals surface area contributed by atoms with Crippen molar-refractivity contribution >= 4 is 44.4 Å². The number of aromatic nitrogens is 4. The van der Waals surface area contributed by atoms with Crippen LogP contribution in [0.15, 0.2) is 23.2 Å². The number of anilines is 1. The fourth-order valence-corrected chi connectivity index (χ4v) is 6.76. The number of nitrogens with one attached hydrogen (secondary N) is 1. The molecule has 0 unspecified atom stereocenters. The second-order valence-corrected chi connectivity index (χ2v) is 12.8. The average Bonchev–Trinajstić information content (AvgIpc) is 3.33. The molecule has 2 saturated heterocycles. The predicted octanol–water partition coefficient (Wildman–Crippen LogP) is 2.39. The van der Waals surface area contributed by atoms with Crippen LogP contribution in [0.4, 0.5) is 14.5 Å². The van der Waals surface area contributed by atoms with Gasteiger partial charge in [0.05, 0.1) is 22.7 Å². The zero-order chi connectivity index (χ0) is 28.5. The summed E-state index contributed by atoms with van der Waals surface area (Å²) < 4.78 is 56.2. The van der Waals surface area contributed by atoms with Crippen LogP contribution in [0.1, 0.15) is 38.5 Å². The standard InChI is InChI=1S/C19H18F2N8O3S2.C5H11N.H2/c20-16(21)17-24-25-18(33-17)29-15-8-12(34(31,32)26-19(10-22)1-2-19)7-14(13(15)9-23-29)28-5-3-27(11-30)4-6-28;1-6-4-2-3-5-6;/h7-9,11,16,26H,1-6H2;2-5H2,1H3;1H. The average molecular weight is 596 g/mol. The van der Waals surface area contributed by atoms with E-state index >= 15 is 0 Å². The number of carbonyl (C=O) groups excluding carboxylic acids is 1. The van der Waals surface area contributed by atoms with E-state index in [-0.39, 0.29) is 11.5 Å². The molecule has 6 rings (SSSR count). The normalized spacial score (nSPS) is 19.0. The van der Waals surface area contributed by atoms with E-state index in [1.165, 1.54) is 48.9 Å². The number of rotatable bonds is 7. The van der Waals surface area contributed by atoms with E-state index in [9.17, 15) is 27.3 Å². The Kier molecular flexibility index (Phi) is 8.00. The van der Waals surface area contributed by atoms with Gasteiger partial charge in [-0.2, -0.15) is 15.1 Å². The summed E-state index contributed by atoms with van der Waals surface area (Å²) >= 11 is 0.656. The number of nitriles is 1. The lowest BCUT2D eigenvalue weighted by Crippen LogP contribution is -2.45. The number of hydrogen-bond donors (Lipinski definition) is 1. The van der Waals surface area contributed by atoms with Gasteiger partial charge in [0.25, 0.3) is 6.43 Å². The zero-order valence-electron chi connectivity index (χ0n) is 21.8. The number of alkyl halides is 2. The van der Waals surface area contributed by atoms with Gasteiger partial charge >= 0.3 is 0 Å². The quantitative estimate of drug-likeness (QED) is 0.408. The van der Waals surface area contributed by atoms with Crippen molar-refractivity contribution in [2.24, 2.45) is 0 Å². The van der Waals surface area contributed by atoms with E-state index < -0.39 is 27.0 Å². The third kappa shape index (κ3) is 5.92. The third-order valence-electron chi connectivity index (χ3n) is 7.18. The number of fused-ring (bicyclic) bond motifs is 1. The number of amides is 1. The van der Waals surface area contributed by atoms with Crippen LogP contribution in [0, 0.1) is 11.3 Å². The number of likely N-dealkylation sites (tertiary alicyclic amines) is 1. The molecule has 0 bridgehead atoms. The second kappa shape index (κ2) is 11.3. The van der Waals surface area contributed by atoms with Gasteiger partial charge in [0, 0.05) is 38.7 Å². The van der Waals surface area contributed by atoms with Crippen LogP contribution in [0.5, 0.6) is 0 Å².